The van der Waals surface area contributed by atoms with E-state index in [4.69, 9.17) is 16.3 Å². The Morgan fingerprint density at radius 1 is 1.19 bits per heavy atom. The van der Waals surface area contributed by atoms with Gasteiger partial charge in [-0.05, 0) is 52.4 Å². The average molecular weight is 437 g/mol. The number of hydrogen-bond donors (Lipinski definition) is 1. The highest BCUT2D eigenvalue weighted by Crippen LogP contribution is 2.34. The molecular weight excluding hydrogens is 412 g/mol. The Morgan fingerprint density at radius 3 is 2.77 bits per heavy atom. The monoisotopic (exact) mass is 436 g/mol. The van der Waals surface area contributed by atoms with Crippen LogP contribution in [0.2, 0.25) is 5.02 Å². The topological polar surface area (TPSA) is 62.7 Å². The number of carbonyl (C=O) groups excluding carboxylic acids is 1. The van der Waals surface area contributed by atoms with Gasteiger partial charge in [-0.25, -0.2) is 4.98 Å². The normalized spacial score (nSPS) is 16.0. The Hall–Kier alpha value is -2.73. The van der Waals surface area contributed by atoms with E-state index in [1.165, 1.54) is 6.20 Å². The van der Waals surface area contributed by atoms with Gasteiger partial charge in [-0.2, -0.15) is 0 Å². The van der Waals surface area contributed by atoms with Crippen LogP contribution in [0.4, 0.5) is 0 Å². The van der Waals surface area contributed by atoms with Crippen LogP contribution in [0.3, 0.4) is 0 Å². The smallest absolute Gasteiger partial charge is 0.272 e. The van der Waals surface area contributed by atoms with Crippen molar-refractivity contribution in [1.82, 2.24) is 9.88 Å². The number of carbonyl (C=O) groups is 1. The van der Waals surface area contributed by atoms with Crippen LogP contribution >= 0.6 is 11.6 Å². The molecule has 1 atom stereocenters. The number of hydrogen-bond acceptors (Lipinski definition) is 4. The van der Waals surface area contributed by atoms with Crippen molar-refractivity contribution in [1.29, 1.82) is 0 Å². The summed E-state index contributed by atoms with van der Waals surface area (Å²) in [4.78, 5) is 18.8. The number of amides is 1. The Kier molecular flexibility index (Phi) is 6.66. The average Bonchev–Trinajstić information content (AvgIpc) is 3.29. The summed E-state index contributed by atoms with van der Waals surface area (Å²) in [7, 11) is 1.69. The molecule has 2 aromatic carbocycles. The Balaban J connectivity index is 1.55. The molecule has 6 heteroatoms. The van der Waals surface area contributed by atoms with Crippen molar-refractivity contribution in [2.75, 3.05) is 20.2 Å². The van der Waals surface area contributed by atoms with E-state index in [0.717, 1.165) is 34.2 Å². The molecule has 160 valence electrons. The first-order valence-electron chi connectivity index (χ1n) is 10.3. The molecule has 1 aliphatic heterocycles. The first-order valence-corrected chi connectivity index (χ1v) is 10.7. The molecule has 1 unspecified atom stereocenters. The number of rotatable bonds is 6. The highest BCUT2D eigenvalue weighted by molar-refractivity contribution is 6.30. The number of nitrogens with zero attached hydrogens (tertiary/aromatic N) is 2. The van der Waals surface area contributed by atoms with E-state index in [2.05, 4.69) is 35.3 Å². The van der Waals surface area contributed by atoms with Crippen molar-refractivity contribution >= 4 is 17.5 Å². The molecule has 0 spiro atoms. The van der Waals surface area contributed by atoms with Gasteiger partial charge in [0, 0.05) is 32.3 Å². The zero-order chi connectivity index (χ0) is 21.8. The van der Waals surface area contributed by atoms with Crippen molar-refractivity contribution in [3.8, 4) is 11.1 Å². The molecule has 0 aliphatic carbocycles. The minimum absolute atomic E-state index is 0.0429. The van der Waals surface area contributed by atoms with Crippen molar-refractivity contribution < 1.29 is 14.6 Å². The van der Waals surface area contributed by atoms with Crippen LogP contribution in [-0.4, -0.2) is 41.1 Å². The molecule has 1 N–H and O–H groups in total. The van der Waals surface area contributed by atoms with E-state index in [9.17, 15) is 9.90 Å². The second kappa shape index (κ2) is 9.60. The number of aromatic nitrogens is 1. The van der Waals surface area contributed by atoms with Gasteiger partial charge in [0.1, 0.15) is 5.69 Å². The minimum Gasteiger partial charge on any atom is -0.392 e. The molecular formula is C25H25ClN2O3. The number of benzene rings is 2. The molecule has 1 aliphatic rings. The molecule has 1 aromatic heterocycles. The minimum atomic E-state index is -0.0881. The zero-order valence-corrected chi connectivity index (χ0v) is 18.2. The van der Waals surface area contributed by atoms with Gasteiger partial charge in [-0.1, -0.05) is 48.0 Å². The predicted molar refractivity (Wildman–Crippen MR) is 121 cm³/mol. The number of aliphatic hydroxyl groups is 1. The maximum atomic E-state index is 12.8. The number of aliphatic hydroxyl groups excluding tert-OH is 1. The summed E-state index contributed by atoms with van der Waals surface area (Å²) in [5.41, 5.74) is 5.65. The number of likely N-dealkylation sites (tertiary alicyclic amines) is 1. The summed E-state index contributed by atoms with van der Waals surface area (Å²) in [5, 5.41) is 10.6. The fraction of sp³-hybridized carbons (Fsp3) is 0.280. The number of ether oxygens (including phenoxy) is 1. The summed E-state index contributed by atoms with van der Waals surface area (Å²) in [6.45, 7) is 1.76. The van der Waals surface area contributed by atoms with Crippen LogP contribution in [0.15, 0.2) is 60.8 Å². The molecule has 1 fully saturated rings. The van der Waals surface area contributed by atoms with Gasteiger partial charge in [0.25, 0.3) is 5.91 Å². The Morgan fingerprint density at radius 2 is 2.03 bits per heavy atom. The van der Waals surface area contributed by atoms with Crippen molar-refractivity contribution in [3.63, 3.8) is 0 Å². The standard InChI is InChI=1S/C25H25ClN2O3/c1-31-16-19-4-2-3-5-22(19)17-6-8-23(20(12-17)15-29)18-10-11-28(14-18)25(30)24-9-7-21(26)13-27-24/h2-9,12-13,18,29H,10-11,14-16H2,1H3. The summed E-state index contributed by atoms with van der Waals surface area (Å²) in [6.07, 6.45) is 2.35. The Labute approximate surface area is 187 Å². The third-order valence-corrected chi connectivity index (χ3v) is 6.03. The molecule has 1 amide bonds. The van der Waals surface area contributed by atoms with Crippen LogP contribution in [0.5, 0.6) is 0 Å². The van der Waals surface area contributed by atoms with E-state index in [-0.39, 0.29) is 18.4 Å². The lowest BCUT2D eigenvalue weighted by Crippen LogP contribution is -2.29. The fourth-order valence-electron chi connectivity index (χ4n) is 4.25. The second-order valence-corrected chi connectivity index (χ2v) is 8.20. The largest absolute Gasteiger partial charge is 0.392 e. The number of pyridine rings is 1. The van der Waals surface area contributed by atoms with Crippen molar-refractivity contribution in [2.45, 2.75) is 25.6 Å². The van der Waals surface area contributed by atoms with Crippen molar-refractivity contribution in [3.05, 3.63) is 88.2 Å². The van der Waals surface area contributed by atoms with Crippen LogP contribution in [0, 0.1) is 0 Å². The lowest BCUT2D eigenvalue weighted by atomic mass is 9.90. The van der Waals surface area contributed by atoms with E-state index in [0.29, 0.717) is 30.4 Å². The third kappa shape index (κ3) is 4.64. The highest BCUT2D eigenvalue weighted by atomic mass is 35.5. The molecule has 3 aromatic rings. The highest BCUT2D eigenvalue weighted by Gasteiger charge is 2.29. The lowest BCUT2D eigenvalue weighted by molar-refractivity contribution is 0.0785. The van der Waals surface area contributed by atoms with Crippen LogP contribution < -0.4 is 0 Å². The second-order valence-electron chi connectivity index (χ2n) is 7.76. The molecule has 0 saturated carbocycles. The van der Waals surface area contributed by atoms with Crippen LogP contribution in [0.25, 0.3) is 11.1 Å². The van der Waals surface area contributed by atoms with Gasteiger partial charge in [-0.3, -0.25) is 4.79 Å². The molecule has 31 heavy (non-hydrogen) atoms. The van der Waals surface area contributed by atoms with Gasteiger partial charge >= 0.3 is 0 Å². The summed E-state index contributed by atoms with van der Waals surface area (Å²) in [5.74, 6) is 0.0940. The summed E-state index contributed by atoms with van der Waals surface area (Å²) in [6, 6.07) is 17.7. The fourth-order valence-corrected chi connectivity index (χ4v) is 4.37. The first-order chi connectivity index (χ1) is 15.1. The third-order valence-electron chi connectivity index (χ3n) is 5.80. The summed E-state index contributed by atoms with van der Waals surface area (Å²) >= 11 is 5.88. The quantitative estimate of drug-likeness (QED) is 0.609. The van der Waals surface area contributed by atoms with Crippen LogP contribution in [0.1, 0.15) is 39.5 Å². The van der Waals surface area contributed by atoms with Crippen LogP contribution in [-0.2, 0) is 18.0 Å². The van der Waals surface area contributed by atoms with E-state index in [1.54, 1.807) is 19.2 Å². The maximum absolute atomic E-state index is 12.8. The molecule has 5 nitrogen and oxygen atoms in total. The molecule has 1 saturated heterocycles. The predicted octanol–water partition coefficient (Wildman–Crippen LogP) is 4.67. The van der Waals surface area contributed by atoms with E-state index < -0.39 is 0 Å². The van der Waals surface area contributed by atoms with Gasteiger partial charge in [0.2, 0.25) is 0 Å². The molecule has 0 bridgehead atoms. The molecule has 4 rings (SSSR count). The zero-order valence-electron chi connectivity index (χ0n) is 17.4. The van der Waals surface area contributed by atoms with Gasteiger partial charge < -0.3 is 14.7 Å². The number of halogens is 1. The Bertz CT molecular complexity index is 1070. The summed E-state index contributed by atoms with van der Waals surface area (Å²) < 4.78 is 5.33. The van der Waals surface area contributed by atoms with Gasteiger partial charge in [0.15, 0.2) is 0 Å². The van der Waals surface area contributed by atoms with Gasteiger partial charge in [-0.15, -0.1) is 0 Å². The van der Waals surface area contributed by atoms with E-state index >= 15 is 0 Å². The number of methoxy groups -OCH3 is 1. The first kappa shape index (κ1) is 21.5. The SMILES string of the molecule is COCc1ccccc1-c1ccc(C2CCN(C(=O)c3ccc(Cl)cn3)C2)c(CO)c1. The maximum Gasteiger partial charge on any atom is 0.272 e. The van der Waals surface area contributed by atoms with Crippen molar-refractivity contribution in [2.24, 2.45) is 0 Å². The molecule has 0 radical (unpaired) electrons. The van der Waals surface area contributed by atoms with Gasteiger partial charge in [0.05, 0.1) is 18.2 Å². The van der Waals surface area contributed by atoms with E-state index in [1.807, 2.05) is 17.0 Å². The lowest BCUT2D eigenvalue weighted by Gasteiger charge is -2.19. The molecule has 2 heterocycles.